The van der Waals surface area contributed by atoms with Gasteiger partial charge in [0, 0.05) is 12.4 Å². The van der Waals surface area contributed by atoms with Gasteiger partial charge in [-0.15, -0.1) is 11.3 Å². The first-order valence-corrected chi connectivity index (χ1v) is 5.18. The molecular formula is C8H5BrN2OS. The normalized spacial score (nSPS) is 10.2. The van der Waals surface area contributed by atoms with E-state index in [1.165, 1.54) is 16.0 Å². The zero-order chi connectivity index (χ0) is 9.26. The largest absolute Gasteiger partial charge is 0.288 e. The molecule has 2 aromatic heterocycles. The molecule has 0 bridgehead atoms. The number of carbonyl (C=O) groups is 1. The van der Waals surface area contributed by atoms with E-state index in [1.54, 1.807) is 24.5 Å². The first-order valence-electron chi connectivity index (χ1n) is 3.57. The van der Waals surface area contributed by atoms with Crippen LogP contribution in [0.2, 0.25) is 0 Å². The van der Waals surface area contributed by atoms with E-state index in [9.17, 15) is 4.79 Å². The molecule has 3 nitrogen and oxygen atoms in total. The minimum Gasteiger partial charge on any atom is -0.266 e. The van der Waals surface area contributed by atoms with Gasteiger partial charge in [-0.05, 0) is 34.1 Å². The van der Waals surface area contributed by atoms with Crippen molar-refractivity contribution in [1.82, 2.24) is 9.78 Å². The molecule has 5 heteroatoms. The molecule has 0 aromatic carbocycles. The van der Waals surface area contributed by atoms with Crippen molar-refractivity contribution >= 4 is 33.2 Å². The second-order valence-electron chi connectivity index (χ2n) is 2.36. The van der Waals surface area contributed by atoms with Crippen LogP contribution in [0.25, 0.3) is 0 Å². The molecule has 2 rings (SSSR count). The molecule has 0 saturated heterocycles. The summed E-state index contributed by atoms with van der Waals surface area (Å²) >= 11 is 4.70. The van der Waals surface area contributed by atoms with E-state index < -0.39 is 0 Å². The summed E-state index contributed by atoms with van der Waals surface area (Å²) in [4.78, 5) is 12.3. The highest BCUT2D eigenvalue weighted by Crippen LogP contribution is 2.22. The predicted molar refractivity (Wildman–Crippen MR) is 54.0 cm³/mol. The molecule has 0 aliphatic rings. The number of halogens is 1. The van der Waals surface area contributed by atoms with E-state index in [2.05, 4.69) is 21.0 Å². The molecule has 2 aromatic rings. The zero-order valence-electron chi connectivity index (χ0n) is 6.48. The van der Waals surface area contributed by atoms with Crippen LogP contribution in [0.3, 0.4) is 0 Å². The summed E-state index contributed by atoms with van der Waals surface area (Å²) in [6.45, 7) is 0. The molecule has 0 spiro atoms. The van der Waals surface area contributed by atoms with E-state index in [-0.39, 0.29) is 5.91 Å². The highest BCUT2D eigenvalue weighted by molar-refractivity contribution is 9.11. The number of nitrogens with zero attached hydrogens (tertiary/aromatic N) is 2. The van der Waals surface area contributed by atoms with Gasteiger partial charge < -0.3 is 0 Å². The Morgan fingerprint density at radius 1 is 1.54 bits per heavy atom. The Bertz CT molecular complexity index is 421. The van der Waals surface area contributed by atoms with Gasteiger partial charge in [0.1, 0.15) is 0 Å². The van der Waals surface area contributed by atoms with Crippen molar-refractivity contribution < 1.29 is 4.79 Å². The molecule has 0 atom stereocenters. The maximum absolute atomic E-state index is 11.6. The van der Waals surface area contributed by atoms with Crippen molar-refractivity contribution in [3.8, 4) is 0 Å². The van der Waals surface area contributed by atoms with Gasteiger partial charge in [0.15, 0.2) is 0 Å². The maximum Gasteiger partial charge on any atom is 0.288 e. The van der Waals surface area contributed by atoms with Crippen LogP contribution in [0.4, 0.5) is 0 Å². The molecule has 13 heavy (non-hydrogen) atoms. The number of thiophene rings is 1. The Balaban J connectivity index is 2.33. The van der Waals surface area contributed by atoms with Crippen LogP contribution in [-0.4, -0.2) is 15.7 Å². The van der Waals surface area contributed by atoms with Crippen molar-refractivity contribution in [2.75, 3.05) is 0 Å². The molecule has 0 N–H and O–H groups in total. The second-order valence-corrected chi connectivity index (χ2v) is 4.82. The molecule has 0 aliphatic carbocycles. The molecule has 0 fully saturated rings. The van der Waals surface area contributed by atoms with Gasteiger partial charge in [-0.25, -0.2) is 4.68 Å². The zero-order valence-corrected chi connectivity index (χ0v) is 8.88. The van der Waals surface area contributed by atoms with Crippen molar-refractivity contribution in [2.24, 2.45) is 0 Å². The van der Waals surface area contributed by atoms with Crippen LogP contribution in [0, 0.1) is 0 Å². The lowest BCUT2D eigenvalue weighted by atomic mass is 10.4. The Morgan fingerprint density at radius 2 is 2.38 bits per heavy atom. The quantitative estimate of drug-likeness (QED) is 0.786. The van der Waals surface area contributed by atoms with Crippen LogP contribution in [0.15, 0.2) is 34.4 Å². The van der Waals surface area contributed by atoms with Crippen LogP contribution >= 0.6 is 27.3 Å². The van der Waals surface area contributed by atoms with Gasteiger partial charge in [-0.2, -0.15) is 5.10 Å². The average Bonchev–Trinajstić information content (AvgIpc) is 2.72. The van der Waals surface area contributed by atoms with Gasteiger partial charge in [-0.3, -0.25) is 4.79 Å². The monoisotopic (exact) mass is 256 g/mol. The number of aromatic nitrogens is 2. The summed E-state index contributed by atoms with van der Waals surface area (Å²) in [7, 11) is 0. The Morgan fingerprint density at radius 3 is 2.92 bits per heavy atom. The lowest BCUT2D eigenvalue weighted by Gasteiger charge is -1.94. The molecule has 0 radical (unpaired) electrons. The van der Waals surface area contributed by atoms with Gasteiger partial charge in [-0.1, -0.05) is 0 Å². The minimum atomic E-state index is -0.0966. The summed E-state index contributed by atoms with van der Waals surface area (Å²) in [5.74, 6) is -0.0966. The fourth-order valence-corrected chi connectivity index (χ4v) is 2.25. The van der Waals surface area contributed by atoms with Crippen molar-refractivity contribution in [3.63, 3.8) is 0 Å². The van der Waals surface area contributed by atoms with E-state index in [0.29, 0.717) is 4.88 Å². The third-order valence-electron chi connectivity index (χ3n) is 1.50. The summed E-state index contributed by atoms with van der Waals surface area (Å²) in [5, 5.41) is 3.86. The maximum atomic E-state index is 11.6. The van der Waals surface area contributed by atoms with Crippen LogP contribution < -0.4 is 0 Å². The Labute approximate surface area is 87.1 Å². The summed E-state index contributed by atoms with van der Waals surface area (Å²) < 4.78 is 2.26. The number of carbonyl (C=O) groups excluding carboxylic acids is 1. The van der Waals surface area contributed by atoms with E-state index in [1.807, 2.05) is 6.07 Å². The second kappa shape index (κ2) is 3.43. The molecule has 2 heterocycles. The van der Waals surface area contributed by atoms with E-state index >= 15 is 0 Å². The summed E-state index contributed by atoms with van der Waals surface area (Å²) in [5.41, 5.74) is 0. The van der Waals surface area contributed by atoms with E-state index in [4.69, 9.17) is 0 Å². The standard InChI is InChI=1S/C8H5BrN2OS/c9-7-3-2-6(13-7)8(12)11-5-1-4-10-11/h1-5H. The van der Waals surface area contributed by atoms with Crippen LogP contribution in [0.5, 0.6) is 0 Å². The fourth-order valence-electron chi connectivity index (χ4n) is 0.931. The van der Waals surface area contributed by atoms with Crippen LogP contribution in [0.1, 0.15) is 9.67 Å². The molecule has 0 unspecified atom stereocenters. The third-order valence-corrected chi connectivity index (χ3v) is 3.11. The molecule has 66 valence electrons. The Hall–Kier alpha value is -0.940. The highest BCUT2D eigenvalue weighted by atomic mass is 79.9. The summed E-state index contributed by atoms with van der Waals surface area (Å²) in [6.07, 6.45) is 3.22. The number of hydrogen-bond donors (Lipinski definition) is 0. The van der Waals surface area contributed by atoms with Gasteiger partial charge in [0.25, 0.3) is 5.91 Å². The lowest BCUT2D eigenvalue weighted by Crippen LogP contribution is -2.10. The van der Waals surface area contributed by atoms with Crippen molar-refractivity contribution in [3.05, 3.63) is 39.3 Å². The average molecular weight is 257 g/mol. The fraction of sp³-hybridized carbons (Fsp3) is 0. The predicted octanol–water partition coefficient (Wildman–Crippen LogP) is 2.40. The SMILES string of the molecule is O=C(c1ccc(Br)s1)n1cccn1. The van der Waals surface area contributed by atoms with Gasteiger partial charge in [0.2, 0.25) is 0 Å². The van der Waals surface area contributed by atoms with Crippen LogP contribution in [-0.2, 0) is 0 Å². The molecule has 0 saturated carbocycles. The smallest absolute Gasteiger partial charge is 0.266 e. The van der Waals surface area contributed by atoms with E-state index in [0.717, 1.165) is 3.79 Å². The van der Waals surface area contributed by atoms with Crippen molar-refractivity contribution in [2.45, 2.75) is 0 Å². The first kappa shape index (κ1) is 8.65. The van der Waals surface area contributed by atoms with Crippen molar-refractivity contribution in [1.29, 1.82) is 0 Å². The number of rotatable bonds is 1. The molecule has 0 aliphatic heterocycles. The van der Waals surface area contributed by atoms with Gasteiger partial charge >= 0.3 is 0 Å². The van der Waals surface area contributed by atoms with Gasteiger partial charge in [0.05, 0.1) is 8.66 Å². The summed E-state index contributed by atoms with van der Waals surface area (Å²) in [6, 6.07) is 5.35. The molecule has 0 amide bonds. The lowest BCUT2D eigenvalue weighted by molar-refractivity contribution is 0.0949. The first-order chi connectivity index (χ1) is 6.27. The number of hydrogen-bond acceptors (Lipinski definition) is 3. The minimum absolute atomic E-state index is 0.0966. The molecular weight excluding hydrogens is 252 g/mol. The Kier molecular flexibility index (Phi) is 2.28. The highest BCUT2D eigenvalue weighted by Gasteiger charge is 2.10. The topological polar surface area (TPSA) is 34.9 Å². The third kappa shape index (κ3) is 1.71.